The molecule has 27 heavy (non-hydrogen) atoms. The number of carbonyl (C=O) groups excluding carboxylic acids is 1. The molecule has 152 valence electrons. The van der Waals surface area contributed by atoms with Crippen LogP contribution in [-0.2, 0) is 14.3 Å². The topological polar surface area (TPSA) is 78.4 Å². The van der Waals surface area contributed by atoms with Crippen LogP contribution in [0.2, 0.25) is 0 Å². The zero-order valence-electron chi connectivity index (χ0n) is 16.4. The number of nitrogens with one attached hydrogen (secondary N) is 2. The average Bonchev–Trinajstić information content (AvgIpc) is 3.20. The molecule has 1 aromatic heterocycles. The molecule has 1 aliphatic heterocycles. The van der Waals surface area contributed by atoms with E-state index >= 15 is 0 Å². The van der Waals surface area contributed by atoms with Crippen LogP contribution in [0, 0.1) is 0 Å². The van der Waals surface area contributed by atoms with E-state index in [1.54, 1.807) is 37.4 Å². The van der Waals surface area contributed by atoms with Crippen LogP contribution in [0.1, 0.15) is 10.9 Å². The molecule has 2 rings (SSSR count). The molecule has 1 atom stereocenters. The molecule has 1 unspecified atom stereocenters. The molecule has 0 spiro atoms. The van der Waals surface area contributed by atoms with Crippen molar-refractivity contribution in [1.82, 2.24) is 20.4 Å². The summed E-state index contributed by atoms with van der Waals surface area (Å²) >= 11 is 1.76. The van der Waals surface area contributed by atoms with Gasteiger partial charge in [-0.1, -0.05) is 6.07 Å². The number of amides is 1. The molecule has 1 fully saturated rings. The molecule has 1 saturated heterocycles. The first kappa shape index (κ1) is 21.6. The second-order valence-electron chi connectivity index (χ2n) is 6.43. The van der Waals surface area contributed by atoms with Crippen LogP contribution in [0.4, 0.5) is 0 Å². The number of ether oxygens (including phenoxy) is 2. The van der Waals surface area contributed by atoms with E-state index in [1.807, 2.05) is 0 Å². The van der Waals surface area contributed by atoms with Gasteiger partial charge in [-0.25, -0.2) is 4.99 Å². The number of methoxy groups -OCH3 is 1. The lowest BCUT2D eigenvalue weighted by molar-refractivity contribution is -0.127. The van der Waals surface area contributed by atoms with Crippen LogP contribution in [-0.4, -0.2) is 95.4 Å². The van der Waals surface area contributed by atoms with Gasteiger partial charge in [-0.15, -0.1) is 11.3 Å². The van der Waals surface area contributed by atoms with Crippen LogP contribution in [0.5, 0.6) is 0 Å². The third kappa shape index (κ3) is 7.45. The van der Waals surface area contributed by atoms with Crippen LogP contribution in [0.25, 0.3) is 0 Å². The van der Waals surface area contributed by atoms with E-state index in [2.05, 4.69) is 38.0 Å². The summed E-state index contributed by atoms with van der Waals surface area (Å²) < 4.78 is 10.6. The molecule has 0 bridgehead atoms. The number of rotatable bonds is 9. The van der Waals surface area contributed by atoms with Crippen molar-refractivity contribution in [2.45, 2.75) is 6.04 Å². The highest BCUT2D eigenvalue weighted by Crippen LogP contribution is 2.25. The van der Waals surface area contributed by atoms with Crippen molar-refractivity contribution in [3.05, 3.63) is 22.4 Å². The van der Waals surface area contributed by atoms with Crippen LogP contribution in [0.15, 0.2) is 22.5 Å². The summed E-state index contributed by atoms with van der Waals surface area (Å²) in [6.07, 6.45) is 0. The Bertz CT molecular complexity index is 574. The second kappa shape index (κ2) is 11.9. The second-order valence-corrected chi connectivity index (χ2v) is 7.41. The number of morpholine rings is 1. The number of likely N-dealkylation sites (N-methyl/N-ethyl adjacent to an activating group) is 1. The third-order valence-electron chi connectivity index (χ3n) is 4.29. The van der Waals surface area contributed by atoms with Gasteiger partial charge in [0.15, 0.2) is 5.96 Å². The van der Waals surface area contributed by atoms with E-state index in [1.165, 1.54) is 4.88 Å². The van der Waals surface area contributed by atoms with Gasteiger partial charge in [0, 0.05) is 52.3 Å². The Morgan fingerprint density at radius 1 is 1.41 bits per heavy atom. The highest BCUT2D eigenvalue weighted by Gasteiger charge is 2.23. The summed E-state index contributed by atoms with van der Waals surface area (Å²) in [5.74, 6) is 0.586. The molecule has 1 amide bonds. The lowest BCUT2D eigenvalue weighted by Gasteiger charge is -2.34. The van der Waals surface area contributed by atoms with E-state index in [0.717, 1.165) is 26.3 Å². The Morgan fingerprint density at radius 3 is 2.81 bits per heavy atom. The minimum Gasteiger partial charge on any atom is -0.383 e. The first-order chi connectivity index (χ1) is 13.1. The van der Waals surface area contributed by atoms with Crippen LogP contribution >= 0.6 is 11.3 Å². The van der Waals surface area contributed by atoms with Crippen molar-refractivity contribution in [2.24, 2.45) is 4.99 Å². The summed E-state index contributed by atoms with van der Waals surface area (Å²) in [6.45, 7) is 5.34. The molecule has 8 nitrogen and oxygen atoms in total. The van der Waals surface area contributed by atoms with E-state index < -0.39 is 0 Å². The summed E-state index contributed by atoms with van der Waals surface area (Å²) in [4.78, 5) is 21.6. The molecule has 1 aromatic rings. The van der Waals surface area contributed by atoms with Gasteiger partial charge in [0.1, 0.15) is 6.54 Å². The smallest absolute Gasteiger partial charge is 0.243 e. The monoisotopic (exact) mass is 397 g/mol. The van der Waals surface area contributed by atoms with Crippen molar-refractivity contribution >= 4 is 23.2 Å². The molecular weight excluding hydrogens is 366 g/mol. The SMILES string of the molecule is COCCNC(=NCC(=O)N(C)C)NCC(c1cccs1)N1CCOCC1. The van der Waals surface area contributed by atoms with Gasteiger partial charge in [0.25, 0.3) is 0 Å². The van der Waals surface area contributed by atoms with E-state index in [4.69, 9.17) is 9.47 Å². The lowest BCUT2D eigenvalue weighted by atomic mass is 10.2. The molecule has 0 aromatic carbocycles. The molecule has 9 heteroatoms. The number of hydrogen-bond donors (Lipinski definition) is 2. The molecule has 0 aliphatic carbocycles. The van der Waals surface area contributed by atoms with E-state index in [0.29, 0.717) is 25.7 Å². The summed E-state index contributed by atoms with van der Waals surface area (Å²) in [5.41, 5.74) is 0. The molecular formula is C18H31N5O3S. The fraction of sp³-hybridized carbons (Fsp3) is 0.667. The van der Waals surface area contributed by atoms with Crippen molar-refractivity contribution in [3.63, 3.8) is 0 Å². The van der Waals surface area contributed by atoms with Gasteiger partial charge >= 0.3 is 0 Å². The summed E-state index contributed by atoms with van der Waals surface area (Å²) in [7, 11) is 5.12. The fourth-order valence-electron chi connectivity index (χ4n) is 2.71. The van der Waals surface area contributed by atoms with Gasteiger partial charge in [-0.05, 0) is 11.4 Å². The van der Waals surface area contributed by atoms with Gasteiger partial charge in [0.05, 0.1) is 25.9 Å². The van der Waals surface area contributed by atoms with Crippen LogP contribution < -0.4 is 10.6 Å². The predicted molar refractivity (Wildman–Crippen MR) is 108 cm³/mol. The molecule has 0 saturated carbocycles. The van der Waals surface area contributed by atoms with Gasteiger partial charge in [-0.2, -0.15) is 0 Å². The maximum Gasteiger partial charge on any atom is 0.243 e. The fourth-order valence-corrected chi connectivity index (χ4v) is 3.57. The van der Waals surface area contributed by atoms with Crippen molar-refractivity contribution in [3.8, 4) is 0 Å². The highest BCUT2D eigenvalue weighted by atomic mass is 32.1. The quantitative estimate of drug-likeness (QED) is 0.357. The molecule has 2 heterocycles. The number of guanidine groups is 1. The summed E-state index contributed by atoms with van der Waals surface area (Å²) in [5, 5.41) is 8.72. The van der Waals surface area contributed by atoms with E-state index in [-0.39, 0.29) is 18.5 Å². The molecule has 1 aliphatic rings. The Balaban J connectivity index is 2.01. The maximum absolute atomic E-state index is 11.9. The Morgan fingerprint density at radius 2 is 2.19 bits per heavy atom. The standard InChI is InChI=1S/C18H31N5O3S/c1-22(2)17(24)14-21-18(19-6-9-25-3)20-13-15(16-5-4-12-27-16)23-7-10-26-11-8-23/h4-5,12,15H,6-11,13-14H2,1-3H3,(H2,19,20,21). The first-order valence-corrected chi connectivity index (χ1v) is 10.1. The molecule has 0 radical (unpaired) electrons. The first-order valence-electron chi connectivity index (χ1n) is 9.18. The normalized spacial score (nSPS) is 16.8. The minimum absolute atomic E-state index is 0.0363. The number of hydrogen-bond acceptors (Lipinski definition) is 6. The number of thiophene rings is 1. The van der Waals surface area contributed by atoms with E-state index in [9.17, 15) is 4.79 Å². The minimum atomic E-state index is -0.0363. The van der Waals surface area contributed by atoms with Crippen molar-refractivity contribution in [1.29, 1.82) is 0 Å². The Kier molecular flexibility index (Phi) is 9.54. The summed E-state index contributed by atoms with van der Waals surface area (Å²) in [6, 6.07) is 4.49. The largest absolute Gasteiger partial charge is 0.383 e. The lowest BCUT2D eigenvalue weighted by Crippen LogP contribution is -2.46. The number of nitrogens with zero attached hydrogens (tertiary/aromatic N) is 3. The highest BCUT2D eigenvalue weighted by molar-refractivity contribution is 7.10. The van der Waals surface area contributed by atoms with Gasteiger partial charge < -0.3 is 25.0 Å². The number of carbonyl (C=O) groups is 1. The molecule has 2 N–H and O–H groups in total. The van der Waals surface area contributed by atoms with Crippen molar-refractivity contribution in [2.75, 3.05) is 73.7 Å². The van der Waals surface area contributed by atoms with Crippen LogP contribution in [0.3, 0.4) is 0 Å². The van der Waals surface area contributed by atoms with Gasteiger partial charge in [-0.3, -0.25) is 9.69 Å². The Hall–Kier alpha value is -1.68. The average molecular weight is 398 g/mol. The Labute approximate surface area is 165 Å². The zero-order valence-corrected chi connectivity index (χ0v) is 17.3. The maximum atomic E-state index is 11.9. The number of aliphatic imine (C=N–C) groups is 1. The van der Waals surface area contributed by atoms with Gasteiger partial charge in [0.2, 0.25) is 5.91 Å². The van der Waals surface area contributed by atoms with Crippen molar-refractivity contribution < 1.29 is 14.3 Å². The zero-order chi connectivity index (χ0) is 19.5. The predicted octanol–water partition coefficient (Wildman–Crippen LogP) is 0.391. The third-order valence-corrected chi connectivity index (χ3v) is 5.26.